The lowest BCUT2D eigenvalue weighted by atomic mass is 10.2. The maximum absolute atomic E-state index is 11.9. The van der Waals surface area contributed by atoms with Crippen LogP contribution in [0.15, 0.2) is 43.0 Å². The number of hydrogen-bond donors (Lipinski definition) is 2. The van der Waals surface area contributed by atoms with Crippen LogP contribution in [0.5, 0.6) is 0 Å². The molecule has 1 heterocycles. The van der Waals surface area contributed by atoms with Crippen molar-refractivity contribution < 1.29 is 4.79 Å². The van der Waals surface area contributed by atoms with E-state index in [9.17, 15) is 4.79 Å². The van der Waals surface area contributed by atoms with Crippen LogP contribution in [-0.4, -0.2) is 33.6 Å². The first-order valence-electron chi connectivity index (χ1n) is 7.29. The number of rotatable bonds is 7. The third-order valence-corrected chi connectivity index (χ3v) is 3.94. The number of imidazole rings is 1. The molecule has 2 amide bonds. The first kappa shape index (κ1) is 16.4. The Morgan fingerprint density at radius 1 is 1.45 bits per heavy atom. The molecule has 1 atom stereocenters. The van der Waals surface area contributed by atoms with Crippen molar-refractivity contribution in [3.8, 4) is 5.69 Å². The van der Waals surface area contributed by atoms with Crippen molar-refractivity contribution in [3.05, 3.63) is 48.5 Å². The first-order valence-corrected chi connectivity index (χ1v) is 8.69. The van der Waals surface area contributed by atoms with Crippen molar-refractivity contribution in [1.82, 2.24) is 20.2 Å². The minimum Gasteiger partial charge on any atom is -0.336 e. The van der Waals surface area contributed by atoms with E-state index in [-0.39, 0.29) is 12.1 Å². The van der Waals surface area contributed by atoms with Crippen LogP contribution in [-0.2, 0) is 6.54 Å². The molecule has 0 saturated carbocycles. The zero-order chi connectivity index (χ0) is 15.8. The van der Waals surface area contributed by atoms with Crippen molar-refractivity contribution in [2.24, 2.45) is 0 Å². The largest absolute Gasteiger partial charge is 0.336 e. The van der Waals surface area contributed by atoms with E-state index < -0.39 is 0 Å². The maximum Gasteiger partial charge on any atom is 0.315 e. The van der Waals surface area contributed by atoms with Gasteiger partial charge in [-0.05, 0) is 43.0 Å². The van der Waals surface area contributed by atoms with Crippen molar-refractivity contribution in [1.29, 1.82) is 0 Å². The minimum absolute atomic E-state index is 0.123. The van der Waals surface area contributed by atoms with Crippen LogP contribution in [0, 0.1) is 0 Å². The van der Waals surface area contributed by atoms with Crippen LogP contribution in [0.3, 0.4) is 0 Å². The smallest absolute Gasteiger partial charge is 0.315 e. The lowest BCUT2D eigenvalue weighted by molar-refractivity contribution is 0.237. The average molecular weight is 318 g/mol. The number of carbonyl (C=O) groups is 1. The third kappa shape index (κ3) is 5.11. The third-order valence-electron chi connectivity index (χ3n) is 3.30. The van der Waals surface area contributed by atoms with Gasteiger partial charge in [-0.15, -0.1) is 0 Å². The van der Waals surface area contributed by atoms with Gasteiger partial charge in [0.15, 0.2) is 0 Å². The number of nitrogens with one attached hydrogen (secondary N) is 2. The van der Waals surface area contributed by atoms with Crippen LogP contribution in [0.4, 0.5) is 4.79 Å². The quantitative estimate of drug-likeness (QED) is 0.825. The van der Waals surface area contributed by atoms with Gasteiger partial charge in [-0.25, -0.2) is 9.78 Å². The molecule has 118 valence electrons. The Labute approximate surface area is 135 Å². The fraction of sp³-hybridized carbons (Fsp3) is 0.375. The summed E-state index contributed by atoms with van der Waals surface area (Å²) in [6, 6.07) is 8.09. The molecule has 0 bridgehead atoms. The molecule has 1 aromatic heterocycles. The molecule has 0 aliphatic heterocycles. The van der Waals surface area contributed by atoms with E-state index in [1.807, 2.05) is 42.0 Å². The molecule has 5 nitrogen and oxygen atoms in total. The summed E-state index contributed by atoms with van der Waals surface area (Å²) in [7, 11) is 0. The van der Waals surface area contributed by atoms with Gasteiger partial charge >= 0.3 is 6.03 Å². The van der Waals surface area contributed by atoms with Gasteiger partial charge in [-0.1, -0.05) is 12.1 Å². The number of benzene rings is 1. The van der Waals surface area contributed by atoms with Gasteiger partial charge in [-0.3, -0.25) is 0 Å². The zero-order valence-corrected chi connectivity index (χ0v) is 13.8. The van der Waals surface area contributed by atoms with Crippen LogP contribution < -0.4 is 10.6 Å². The molecule has 22 heavy (non-hydrogen) atoms. The Bertz CT molecular complexity index is 586. The molecule has 1 unspecified atom stereocenters. The first-order chi connectivity index (χ1) is 10.7. The topological polar surface area (TPSA) is 59.0 Å². The van der Waals surface area contributed by atoms with E-state index in [1.54, 1.807) is 24.3 Å². The second-order valence-electron chi connectivity index (χ2n) is 5.15. The predicted octanol–water partition coefficient (Wildman–Crippen LogP) is 2.81. The Hall–Kier alpha value is -1.95. The molecule has 2 aromatic rings. The Kier molecular flexibility index (Phi) is 6.33. The van der Waals surface area contributed by atoms with E-state index >= 15 is 0 Å². The van der Waals surface area contributed by atoms with Crippen LogP contribution in [0.1, 0.15) is 18.9 Å². The summed E-state index contributed by atoms with van der Waals surface area (Å²) in [5.74, 6) is 1.05. The molecule has 0 aliphatic rings. The number of thioether (sulfide) groups is 1. The van der Waals surface area contributed by atoms with Gasteiger partial charge < -0.3 is 15.2 Å². The molecule has 2 rings (SSSR count). The van der Waals surface area contributed by atoms with Crippen molar-refractivity contribution in [2.45, 2.75) is 25.9 Å². The van der Waals surface area contributed by atoms with Crippen molar-refractivity contribution in [2.75, 3.05) is 12.0 Å². The molecule has 6 heteroatoms. The highest BCUT2D eigenvalue weighted by atomic mass is 32.2. The zero-order valence-electron chi connectivity index (χ0n) is 13.0. The molecule has 0 spiro atoms. The van der Waals surface area contributed by atoms with Gasteiger partial charge in [0.2, 0.25) is 0 Å². The van der Waals surface area contributed by atoms with E-state index in [4.69, 9.17) is 0 Å². The number of urea groups is 1. The maximum atomic E-state index is 11.9. The fourth-order valence-electron chi connectivity index (χ4n) is 2.06. The average Bonchev–Trinajstić information content (AvgIpc) is 3.06. The number of hydrogen-bond acceptors (Lipinski definition) is 3. The molecule has 0 saturated heterocycles. The summed E-state index contributed by atoms with van der Waals surface area (Å²) in [5, 5.41) is 5.85. The van der Waals surface area contributed by atoms with Crippen LogP contribution in [0.2, 0.25) is 0 Å². The highest BCUT2D eigenvalue weighted by molar-refractivity contribution is 7.98. The van der Waals surface area contributed by atoms with Crippen molar-refractivity contribution >= 4 is 17.8 Å². The van der Waals surface area contributed by atoms with Gasteiger partial charge in [0.05, 0.1) is 6.33 Å². The van der Waals surface area contributed by atoms with Gasteiger partial charge in [0.1, 0.15) is 0 Å². The van der Waals surface area contributed by atoms with Crippen molar-refractivity contribution in [3.63, 3.8) is 0 Å². The Morgan fingerprint density at radius 3 is 3.05 bits per heavy atom. The van der Waals surface area contributed by atoms with Gasteiger partial charge in [0.25, 0.3) is 0 Å². The van der Waals surface area contributed by atoms with E-state index in [0.29, 0.717) is 6.54 Å². The standard InChI is InChI=1S/C16H22N4OS/c1-13(6-9-22-2)19-16(21)18-11-14-4-3-5-15(10-14)20-8-7-17-12-20/h3-5,7-8,10,12-13H,6,9,11H2,1-2H3,(H2,18,19,21). The highest BCUT2D eigenvalue weighted by Gasteiger charge is 2.06. The number of aromatic nitrogens is 2. The molecule has 2 N–H and O–H groups in total. The van der Waals surface area contributed by atoms with Crippen LogP contribution >= 0.6 is 11.8 Å². The van der Waals surface area contributed by atoms with E-state index in [0.717, 1.165) is 23.4 Å². The molecule has 0 fully saturated rings. The molecular formula is C16H22N4OS. The number of amides is 2. The Morgan fingerprint density at radius 2 is 2.32 bits per heavy atom. The number of nitrogens with zero attached hydrogens (tertiary/aromatic N) is 2. The Balaban J connectivity index is 1.84. The summed E-state index contributed by atoms with van der Waals surface area (Å²) in [6.07, 6.45) is 8.44. The van der Waals surface area contributed by atoms with E-state index in [1.165, 1.54) is 0 Å². The lowest BCUT2D eigenvalue weighted by Crippen LogP contribution is -2.40. The van der Waals surface area contributed by atoms with Crippen LogP contribution in [0.25, 0.3) is 5.69 Å². The minimum atomic E-state index is -0.123. The predicted molar refractivity (Wildman–Crippen MR) is 91.4 cm³/mol. The normalized spacial score (nSPS) is 11.9. The van der Waals surface area contributed by atoms with E-state index in [2.05, 4.69) is 21.9 Å². The second-order valence-corrected chi connectivity index (χ2v) is 6.13. The SMILES string of the molecule is CSCCC(C)NC(=O)NCc1cccc(-n2ccnc2)c1. The highest BCUT2D eigenvalue weighted by Crippen LogP contribution is 2.10. The summed E-state index contributed by atoms with van der Waals surface area (Å²) in [6.45, 7) is 2.53. The summed E-state index contributed by atoms with van der Waals surface area (Å²) in [5.41, 5.74) is 2.09. The molecule has 0 radical (unpaired) electrons. The summed E-state index contributed by atoms with van der Waals surface area (Å²) >= 11 is 1.79. The summed E-state index contributed by atoms with van der Waals surface area (Å²) < 4.78 is 1.94. The van der Waals surface area contributed by atoms with Gasteiger partial charge in [0, 0.05) is 30.7 Å². The lowest BCUT2D eigenvalue weighted by Gasteiger charge is -2.14. The summed E-state index contributed by atoms with van der Waals surface area (Å²) in [4.78, 5) is 15.9. The molecular weight excluding hydrogens is 296 g/mol. The molecule has 1 aromatic carbocycles. The fourth-order valence-corrected chi connectivity index (χ4v) is 2.65. The monoisotopic (exact) mass is 318 g/mol. The second kappa shape index (κ2) is 8.48. The molecule has 0 aliphatic carbocycles. The number of carbonyl (C=O) groups excluding carboxylic acids is 1. The van der Waals surface area contributed by atoms with Gasteiger partial charge in [-0.2, -0.15) is 11.8 Å².